The Morgan fingerprint density at radius 3 is 2.31 bits per heavy atom. The molecule has 0 spiro atoms. The van der Waals surface area contributed by atoms with E-state index in [4.69, 9.17) is 9.47 Å². The lowest BCUT2D eigenvalue weighted by Gasteiger charge is -2.33. The van der Waals surface area contributed by atoms with Crippen LogP contribution in [-0.2, 0) is 22.3 Å². The number of nitrogens with one attached hydrogen (secondary N) is 1. The molecule has 8 heteroatoms. The molecule has 0 radical (unpaired) electrons. The monoisotopic (exact) mass is 453 g/mol. The largest absolute Gasteiger partial charge is 0.465 e. The van der Waals surface area contributed by atoms with Crippen molar-refractivity contribution in [2.45, 2.75) is 40.0 Å². The summed E-state index contributed by atoms with van der Waals surface area (Å²) in [6.45, 7) is 6.90. The number of fused-ring (bicyclic) bond motifs is 3. The molecule has 1 aliphatic rings. The zero-order valence-electron chi connectivity index (χ0n) is 18.9. The lowest BCUT2D eigenvalue weighted by atomic mass is 9.72. The van der Waals surface area contributed by atoms with Gasteiger partial charge in [-0.1, -0.05) is 20.8 Å². The van der Waals surface area contributed by atoms with E-state index in [9.17, 15) is 9.59 Å². The second-order valence-electron chi connectivity index (χ2n) is 9.12. The van der Waals surface area contributed by atoms with Gasteiger partial charge in [-0.05, 0) is 54.4 Å². The first kappa shape index (κ1) is 22.2. The molecule has 0 saturated heterocycles. The molecule has 1 aliphatic carbocycles. The first-order valence-corrected chi connectivity index (χ1v) is 11.4. The molecular formula is C24H27N3O4S. The number of thiophene rings is 1. The summed E-state index contributed by atoms with van der Waals surface area (Å²) in [5.74, 6) is 0.229. The molecule has 2 heterocycles. The van der Waals surface area contributed by atoms with Crippen LogP contribution in [0.2, 0.25) is 0 Å². The third-order valence-electron chi connectivity index (χ3n) is 6.11. The van der Waals surface area contributed by atoms with Gasteiger partial charge in [0.25, 0.3) is 0 Å². The van der Waals surface area contributed by atoms with Crippen molar-refractivity contribution in [3.63, 3.8) is 0 Å². The van der Waals surface area contributed by atoms with Gasteiger partial charge in [0.2, 0.25) is 0 Å². The van der Waals surface area contributed by atoms with E-state index in [1.807, 2.05) is 0 Å². The van der Waals surface area contributed by atoms with Gasteiger partial charge in [0.15, 0.2) is 0 Å². The molecule has 32 heavy (non-hydrogen) atoms. The topological polar surface area (TPSA) is 90.4 Å². The summed E-state index contributed by atoms with van der Waals surface area (Å²) in [6, 6.07) is 4.73. The van der Waals surface area contributed by atoms with Crippen LogP contribution in [0.1, 0.15) is 58.3 Å². The van der Waals surface area contributed by atoms with Gasteiger partial charge in [-0.25, -0.2) is 19.6 Å². The SMILES string of the molecule is COC(=O)c1cc(Nc2ncnc3sc4c(c23)CCC(C(C)(C)C)C4)cc(C(=O)OC)c1. The normalized spacial score (nSPS) is 15.8. The van der Waals surface area contributed by atoms with Crippen LogP contribution in [0.25, 0.3) is 10.2 Å². The minimum absolute atomic E-state index is 0.253. The van der Waals surface area contributed by atoms with Crippen molar-refractivity contribution >= 4 is 45.0 Å². The van der Waals surface area contributed by atoms with E-state index in [0.717, 1.165) is 29.5 Å². The first-order chi connectivity index (χ1) is 15.2. The summed E-state index contributed by atoms with van der Waals surface area (Å²) in [6.07, 6.45) is 4.69. The molecule has 7 nitrogen and oxygen atoms in total. The van der Waals surface area contributed by atoms with E-state index in [2.05, 4.69) is 36.1 Å². The highest BCUT2D eigenvalue weighted by Crippen LogP contribution is 2.44. The fourth-order valence-corrected chi connectivity index (χ4v) is 5.52. The molecular weight excluding hydrogens is 426 g/mol. The summed E-state index contributed by atoms with van der Waals surface area (Å²) in [5, 5.41) is 4.32. The van der Waals surface area contributed by atoms with Crippen molar-refractivity contribution in [2.24, 2.45) is 11.3 Å². The molecule has 0 bridgehead atoms. The van der Waals surface area contributed by atoms with Crippen molar-refractivity contribution in [3.8, 4) is 0 Å². The molecule has 4 rings (SSSR count). The molecule has 3 aromatic rings. The van der Waals surface area contributed by atoms with Crippen molar-refractivity contribution in [2.75, 3.05) is 19.5 Å². The van der Waals surface area contributed by atoms with Crippen LogP contribution in [0.5, 0.6) is 0 Å². The third kappa shape index (κ3) is 4.19. The van der Waals surface area contributed by atoms with Crippen molar-refractivity contribution in [1.82, 2.24) is 9.97 Å². The smallest absolute Gasteiger partial charge is 0.337 e. The average Bonchev–Trinajstić information content (AvgIpc) is 3.16. The van der Waals surface area contributed by atoms with Gasteiger partial charge in [-0.15, -0.1) is 11.3 Å². The van der Waals surface area contributed by atoms with Gasteiger partial charge in [0.1, 0.15) is 17.0 Å². The van der Waals surface area contributed by atoms with Crippen molar-refractivity contribution < 1.29 is 19.1 Å². The molecule has 1 N–H and O–H groups in total. The van der Waals surface area contributed by atoms with Gasteiger partial charge in [0, 0.05) is 10.6 Å². The predicted molar refractivity (Wildman–Crippen MR) is 125 cm³/mol. The third-order valence-corrected chi connectivity index (χ3v) is 7.27. The fraction of sp³-hybridized carbons (Fsp3) is 0.417. The van der Waals surface area contributed by atoms with Gasteiger partial charge in [0.05, 0.1) is 30.7 Å². The number of aryl methyl sites for hydroxylation is 1. The summed E-state index contributed by atoms with van der Waals surface area (Å²) < 4.78 is 9.67. The molecule has 168 valence electrons. The maximum Gasteiger partial charge on any atom is 0.337 e. The van der Waals surface area contributed by atoms with Crippen LogP contribution in [-0.4, -0.2) is 36.1 Å². The van der Waals surface area contributed by atoms with Crippen LogP contribution < -0.4 is 5.32 Å². The fourth-order valence-electron chi connectivity index (χ4n) is 4.25. The Morgan fingerprint density at radius 1 is 1.06 bits per heavy atom. The van der Waals surface area contributed by atoms with Gasteiger partial charge in [-0.2, -0.15) is 0 Å². The number of anilines is 2. The quantitative estimate of drug-likeness (QED) is 0.546. The minimum atomic E-state index is -0.534. The number of hydrogen-bond acceptors (Lipinski definition) is 8. The Bertz CT molecular complexity index is 1160. The maximum absolute atomic E-state index is 12.1. The molecule has 0 amide bonds. The molecule has 2 aromatic heterocycles. The zero-order chi connectivity index (χ0) is 23.0. The predicted octanol–water partition coefficient (Wildman–Crippen LogP) is 5.16. The van der Waals surface area contributed by atoms with Crippen LogP contribution in [0.4, 0.5) is 11.5 Å². The maximum atomic E-state index is 12.1. The standard InChI is InChI=1S/C24H27N3O4S/c1-24(2,3)15-6-7-17-18(11-15)32-21-19(17)20(25-12-26-21)27-16-9-13(22(28)30-4)8-14(10-16)23(29)31-5/h8-10,12,15H,6-7,11H2,1-5H3,(H,25,26,27). The van der Waals surface area contributed by atoms with Crippen LogP contribution in [0.3, 0.4) is 0 Å². The van der Waals surface area contributed by atoms with E-state index >= 15 is 0 Å². The van der Waals surface area contributed by atoms with Crippen LogP contribution >= 0.6 is 11.3 Å². The zero-order valence-corrected chi connectivity index (χ0v) is 19.8. The first-order valence-electron chi connectivity index (χ1n) is 10.5. The van der Waals surface area contributed by atoms with E-state index in [1.165, 1.54) is 30.7 Å². The molecule has 1 unspecified atom stereocenters. The Morgan fingerprint density at radius 2 is 1.72 bits per heavy atom. The van der Waals surface area contributed by atoms with E-state index in [1.54, 1.807) is 29.8 Å². The summed E-state index contributed by atoms with van der Waals surface area (Å²) >= 11 is 1.73. The lowest BCUT2D eigenvalue weighted by molar-refractivity contribution is 0.0599. The Labute approximate surface area is 191 Å². The average molecular weight is 454 g/mol. The summed E-state index contributed by atoms with van der Waals surface area (Å²) in [7, 11) is 2.60. The lowest BCUT2D eigenvalue weighted by Crippen LogP contribution is -2.26. The minimum Gasteiger partial charge on any atom is -0.465 e. The highest BCUT2D eigenvalue weighted by atomic mass is 32.1. The number of carbonyl (C=O) groups is 2. The number of methoxy groups -OCH3 is 2. The number of aromatic nitrogens is 2. The number of ether oxygens (including phenoxy) is 2. The second kappa shape index (κ2) is 8.50. The van der Waals surface area contributed by atoms with Crippen LogP contribution in [0, 0.1) is 11.3 Å². The van der Waals surface area contributed by atoms with E-state index in [0.29, 0.717) is 17.4 Å². The molecule has 1 aromatic carbocycles. The van der Waals surface area contributed by atoms with E-state index in [-0.39, 0.29) is 16.5 Å². The van der Waals surface area contributed by atoms with E-state index < -0.39 is 11.9 Å². The highest BCUT2D eigenvalue weighted by Gasteiger charge is 2.31. The molecule has 0 saturated carbocycles. The number of nitrogens with zero attached hydrogens (tertiary/aromatic N) is 2. The summed E-state index contributed by atoms with van der Waals surface area (Å²) in [5.41, 5.74) is 2.62. The van der Waals surface area contributed by atoms with Crippen LogP contribution in [0.15, 0.2) is 24.5 Å². The number of carbonyl (C=O) groups excluding carboxylic acids is 2. The Hall–Kier alpha value is -3.00. The molecule has 1 atom stereocenters. The van der Waals surface area contributed by atoms with Crippen molar-refractivity contribution in [1.29, 1.82) is 0 Å². The Kier molecular flexibility index (Phi) is 5.90. The van der Waals surface area contributed by atoms with Gasteiger partial charge in [-0.3, -0.25) is 0 Å². The van der Waals surface area contributed by atoms with Gasteiger partial charge < -0.3 is 14.8 Å². The highest BCUT2D eigenvalue weighted by molar-refractivity contribution is 7.19. The number of hydrogen-bond donors (Lipinski definition) is 1. The van der Waals surface area contributed by atoms with Crippen molar-refractivity contribution in [3.05, 3.63) is 46.1 Å². The summed E-state index contributed by atoms with van der Waals surface area (Å²) in [4.78, 5) is 35.6. The number of rotatable bonds is 4. The molecule has 0 aliphatic heterocycles. The number of esters is 2. The second-order valence-corrected chi connectivity index (χ2v) is 10.2. The van der Waals surface area contributed by atoms with Gasteiger partial charge >= 0.3 is 11.9 Å². The Balaban J connectivity index is 1.75. The molecule has 0 fully saturated rings. The number of benzene rings is 1.